The Morgan fingerprint density at radius 2 is 1.73 bits per heavy atom. The van der Waals surface area contributed by atoms with Crippen LogP contribution in [-0.4, -0.2) is 60.3 Å². The molecule has 144 valence electrons. The first kappa shape index (κ1) is 19.7. The molecule has 1 aromatic rings. The fraction of sp³-hybridized carbons (Fsp3) is 0.667. The zero-order valence-electron chi connectivity index (χ0n) is 16.2. The standard InChI is InChI=1S/C21H32N2O2S/c1-3-21(24)23(19-10-14-25-15-11-19)18-8-12-22(13-9-18)16-17-4-6-20(26-2)7-5-17/h4-7,18-19H,3,8-16H2,1-2H3. The fourth-order valence-electron chi connectivity index (χ4n) is 4.20. The van der Waals surface area contributed by atoms with Crippen molar-refractivity contribution in [2.24, 2.45) is 0 Å². The number of benzene rings is 1. The average molecular weight is 377 g/mol. The second-order valence-electron chi connectivity index (χ2n) is 7.35. The van der Waals surface area contributed by atoms with E-state index in [9.17, 15) is 4.79 Å². The topological polar surface area (TPSA) is 32.8 Å². The smallest absolute Gasteiger partial charge is 0.222 e. The van der Waals surface area contributed by atoms with Gasteiger partial charge in [0.2, 0.25) is 5.91 Å². The number of rotatable bonds is 6. The monoisotopic (exact) mass is 376 g/mol. The van der Waals surface area contributed by atoms with Crippen LogP contribution < -0.4 is 0 Å². The van der Waals surface area contributed by atoms with E-state index in [1.807, 2.05) is 6.92 Å². The highest BCUT2D eigenvalue weighted by Crippen LogP contribution is 2.25. The largest absolute Gasteiger partial charge is 0.381 e. The van der Waals surface area contributed by atoms with Crippen LogP contribution in [0.2, 0.25) is 0 Å². The van der Waals surface area contributed by atoms with Crippen LogP contribution in [0.5, 0.6) is 0 Å². The van der Waals surface area contributed by atoms with Gasteiger partial charge < -0.3 is 9.64 Å². The minimum Gasteiger partial charge on any atom is -0.381 e. The third-order valence-electron chi connectivity index (χ3n) is 5.69. The Morgan fingerprint density at radius 1 is 1.12 bits per heavy atom. The van der Waals surface area contributed by atoms with Crippen LogP contribution in [0.1, 0.15) is 44.6 Å². The summed E-state index contributed by atoms with van der Waals surface area (Å²) in [7, 11) is 0. The summed E-state index contributed by atoms with van der Waals surface area (Å²) in [6, 6.07) is 9.69. The molecule has 0 N–H and O–H groups in total. The molecule has 2 fully saturated rings. The van der Waals surface area contributed by atoms with E-state index in [1.165, 1.54) is 10.5 Å². The van der Waals surface area contributed by atoms with Crippen LogP contribution in [0.3, 0.4) is 0 Å². The second-order valence-corrected chi connectivity index (χ2v) is 8.23. The van der Waals surface area contributed by atoms with Gasteiger partial charge in [0.15, 0.2) is 0 Å². The number of thioether (sulfide) groups is 1. The quantitative estimate of drug-likeness (QED) is 0.707. The number of nitrogens with zero attached hydrogens (tertiary/aromatic N) is 2. The summed E-state index contributed by atoms with van der Waals surface area (Å²) in [5.74, 6) is 0.322. The summed E-state index contributed by atoms with van der Waals surface area (Å²) < 4.78 is 5.50. The zero-order valence-corrected chi connectivity index (χ0v) is 17.0. The molecule has 2 aliphatic rings. The van der Waals surface area contributed by atoms with Crippen molar-refractivity contribution in [1.82, 2.24) is 9.80 Å². The molecule has 0 aromatic heterocycles. The molecule has 0 atom stereocenters. The van der Waals surface area contributed by atoms with Gasteiger partial charge in [0.1, 0.15) is 0 Å². The van der Waals surface area contributed by atoms with Crippen LogP contribution in [0, 0.1) is 0 Å². The van der Waals surface area contributed by atoms with Gasteiger partial charge in [-0.2, -0.15) is 0 Å². The summed E-state index contributed by atoms with van der Waals surface area (Å²) in [6.45, 7) is 6.74. The Labute approximate surface area is 162 Å². The molecule has 0 saturated carbocycles. The molecule has 0 unspecified atom stereocenters. The fourth-order valence-corrected chi connectivity index (χ4v) is 4.60. The molecular weight excluding hydrogens is 344 g/mol. The molecule has 26 heavy (non-hydrogen) atoms. The predicted molar refractivity (Wildman–Crippen MR) is 108 cm³/mol. The van der Waals surface area contributed by atoms with Gasteiger partial charge in [-0.15, -0.1) is 11.8 Å². The van der Waals surface area contributed by atoms with Crippen molar-refractivity contribution in [2.45, 2.75) is 62.6 Å². The highest BCUT2D eigenvalue weighted by atomic mass is 32.2. The number of carbonyl (C=O) groups is 1. The van der Waals surface area contributed by atoms with Gasteiger partial charge in [-0.3, -0.25) is 9.69 Å². The van der Waals surface area contributed by atoms with Crippen molar-refractivity contribution in [3.63, 3.8) is 0 Å². The number of hydrogen-bond donors (Lipinski definition) is 0. The lowest BCUT2D eigenvalue weighted by Gasteiger charge is -2.43. The molecule has 1 aromatic carbocycles. The highest BCUT2D eigenvalue weighted by molar-refractivity contribution is 7.98. The number of carbonyl (C=O) groups excluding carboxylic acids is 1. The van der Waals surface area contributed by atoms with Crippen LogP contribution in [0.25, 0.3) is 0 Å². The molecule has 0 aliphatic carbocycles. The van der Waals surface area contributed by atoms with Crippen molar-refractivity contribution in [1.29, 1.82) is 0 Å². The molecule has 3 rings (SSSR count). The van der Waals surface area contributed by atoms with E-state index in [4.69, 9.17) is 4.74 Å². The normalized spacial score (nSPS) is 20.2. The lowest BCUT2D eigenvalue weighted by atomic mass is 9.97. The van der Waals surface area contributed by atoms with Crippen molar-refractivity contribution >= 4 is 17.7 Å². The first-order valence-electron chi connectivity index (χ1n) is 9.95. The van der Waals surface area contributed by atoms with E-state index in [0.29, 0.717) is 24.4 Å². The van der Waals surface area contributed by atoms with Crippen LogP contribution in [-0.2, 0) is 16.1 Å². The number of likely N-dealkylation sites (tertiary alicyclic amines) is 1. The number of ether oxygens (including phenoxy) is 1. The Balaban J connectivity index is 1.55. The van der Waals surface area contributed by atoms with Crippen LogP contribution >= 0.6 is 11.8 Å². The van der Waals surface area contributed by atoms with Crippen molar-refractivity contribution in [2.75, 3.05) is 32.6 Å². The lowest BCUT2D eigenvalue weighted by Crippen LogP contribution is -2.52. The summed E-state index contributed by atoms with van der Waals surface area (Å²) in [4.78, 5) is 18.7. The highest BCUT2D eigenvalue weighted by Gasteiger charge is 2.33. The van der Waals surface area contributed by atoms with E-state index in [0.717, 1.165) is 58.5 Å². The van der Waals surface area contributed by atoms with Gasteiger partial charge in [-0.1, -0.05) is 19.1 Å². The molecule has 2 saturated heterocycles. The van der Waals surface area contributed by atoms with Crippen molar-refractivity contribution < 1.29 is 9.53 Å². The number of piperidine rings is 1. The Bertz CT molecular complexity index is 564. The molecule has 0 spiro atoms. The minimum atomic E-state index is 0.322. The van der Waals surface area contributed by atoms with Gasteiger partial charge in [-0.05, 0) is 49.6 Å². The average Bonchev–Trinajstić information content (AvgIpc) is 2.71. The van der Waals surface area contributed by atoms with E-state index in [1.54, 1.807) is 11.8 Å². The van der Waals surface area contributed by atoms with Gasteiger partial charge in [0.05, 0.1) is 0 Å². The molecule has 0 radical (unpaired) electrons. The van der Waals surface area contributed by atoms with Crippen LogP contribution in [0.15, 0.2) is 29.2 Å². The minimum absolute atomic E-state index is 0.322. The maximum Gasteiger partial charge on any atom is 0.222 e. The maximum absolute atomic E-state index is 12.6. The summed E-state index contributed by atoms with van der Waals surface area (Å²) in [6.07, 6.45) is 6.89. The van der Waals surface area contributed by atoms with Gasteiger partial charge in [-0.25, -0.2) is 0 Å². The van der Waals surface area contributed by atoms with Crippen molar-refractivity contribution in [3.05, 3.63) is 29.8 Å². The number of hydrogen-bond acceptors (Lipinski definition) is 4. The Kier molecular flexibility index (Phi) is 7.41. The first-order valence-corrected chi connectivity index (χ1v) is 11.2. The van der Waals surface area contributed by atoms with Gasteiger partial charge in [0, 0.05) is 56.2 Å². The van der Waals surface area contributed by atoms with Gasteiger partial charge >= 0.3 is 0 Å². The van der Waals surface area contributed by atoms with E-state index in [2.05, 4.69) is 40.3 Å². The first-order chi connectivity index (χ1) is 12.7. The number of amides is 1. The van der Waals surface area contributed by atoms with Crippen LogP contribution in [0.4, 0.5) is 0 Å². The SMILES string of the molecule is CCC(=O)N(C1CCOCC1)C1CCN(Cc2ccc(SC)cc2)CC1. The summed E-state index contributed by atoms with van der Waals surface area (Å²) >= 11 is 1.79. The third kappa shape index (κ3) is 5.02. The lowest BCUT2D eigenvalue weighted by molar-refractivity contribution is -0.139. The van der Waals surface area contributed by atoms with E-state index < -0.39 is 0 Å². The zero-order chi connectivity index (χ0) is 18.4. The molecule has 0 bridgehead atoms. The second kappa shape index (κ2) is 9.77. The molecule has 2 aliphatic heterocycles. The Hall–Kier alpha value is -1.04. The Morgan fingerprint density at radius 3 is 2.31 bits per heavy atom. The third-order valence-corrected chi connectivity index (χ3v) is 6.43. The molecular formula is C21H32N2O2S. The summed E-state index contributed by atoms with van der Waals surface area (Å²) in [5, 5.41) is 0. The van der Waals surface area contributed by atoms with E-state index >= 15 is 0 Å². The molecule has 4 nitrogen and oxygen atoms in total. The molecule has 2 heterocycles. The predicted octanol–water partition coefficient (Wildman–Crippen LogP) is 3.79. The maximum atomic E-state index is 12.6. The van der Waals surface area contributed by atoms with Gasteiger partial charge in [0.25, 0.3) is 0 Å². The van der Waals surface area contributed by atoms with E-state index in [-0.39, 0.29) is 0 Å². The molecule has 5 heteroatoms. The van der Waals surface area contributed by atoms with Crippen molar-refractivity contribution in [3.8, 4) is 0 Å². The molecule has 1 amide bonds. The summed E-state index contributed by atoms with van der Waals surface area (Å²) in [5.41, 5.74) is 1.38.